The maximum Gasteiger partial charge on any atom is 0.231 e. The van der Waals surface area contributed by atoms with Crippen LogP contribution in [0.3, 0.4) is 0 Å². The lowest BCUT2D eigenvalue weighted by Gasteiger charge is -2.13. The van der Waals surface area contributed by atoms with Crippen molar-refractivity contribution in [1.29, 1.82) is 0 Å². The van der Waals surface area contributed by atoms with Crippen LogP contribution in [0.2, 0.25) is 0 Å². The normalized spacial score (nSPS) is 10.6. The first kappa shape index (κ1) is 15.5. The molecule has 19 heavy (non-hydrogen) atoms. The van der Waals surface area contributed by atoms with Crippen LogP contribution in [-0.2, 0) is 0 Å². The van der Waals surface area contributed by atoms with Gasteiger partial charge in [0, 0.05) is 27.7 Å². The molecule has 0 fully saturated rings. The molecule has 0 aliphatic rings. The second-order valence-electron chi connectivity index (χ2n) is 5.24. The number of hydrogen-bond donors (Lipinski definition) is 2. The quantitative estimate of drug-likeness (QED) is 0.703. The Labute approximate surface area is 116 Å². The molecule has 0 amide bonds. The van der Waals surface area contributed by atoms with Gasteiger partial charge >= 0.3 is 0 Å². The molecule has 0 bridgehead atoms. The SMILES string of the molecule is CNc1nc(NCCCCC(C)C)nc(N(C)C)n1. The van der Waals surface area contributed by atoms with Gasteiger partial charge in [0.15, 0.2) is 0 Å². The van der Waals surface area contributed by atoms with Crippen LogP contribution in [0.5, 0.6) is 0 Å². The molecule has 0 aromatic carbocycles. The minimum Gasteiger partial charge on any atom is -0.357 e. The van der Waals surface area contributed by atoms with E-state index in [2.05, 4.69) is 39.4 Å². The van der Waals surface area contributed by atoms with Crippen LogP contribution >= 0.6 is 0 Å². The molecule has 0 unspecified atom stereocenters. The first-order chi connectivity index (χ1) is 9.02. The van der Waals surface area contributed by atoms with Crippen molar-refractivity contribution < 1.29 is 0 Å². The molecule has 0 atom stereocenters. The monoisotopic (exact) mass is 266 g/mol. The van der Waals surface area contributed by atoms with E-state index in [1.165, 1.54) is 12.8 Å². The van der Waals surface area contributed by atoms with Crippen LogP contribution in [0, 0.1) is 5.92 Å². The van der Waals surface area contributed by atoms with E-state index < -0.39 is 0 Å². The molecule has 0 aliphatic heterocycles. The number of anilines is 3. The topological polar surface area (TPSA) is 66.0 Å². The molecule has 0 spiro atoms. The van der Waals surface area contributed by atoms with Crippen LogP contribution in [0.4, 0.5) is 17.8 Å². The van der Waals surface area contributed by atoms with Gasteiger partial charge in [-0.15, -0.1) is 0 Å². The Kier molecular flexibility index (Phi) is 6.32. The van der Waals surface area contributed by atoms with Crippen molar-refractivity contribution in [3.63, 3.8) is 0 Å². The number of nitrogens with one attached hydrogen (secondary N) is 2. The van der Waals surface area contributed by atoms with Gasteiger partial charge in [-0.25, -0.2) is 0 Å². The summed E-state index contributed by atoms with van der Waals surface area (Å²) in [6.45, 7) is 5.40. The zero-order chi connectivity index (χ0) is 14.3. The summed E-state index contributed by atoms with van der Waals surface area (Å²) in [5.74, 6) is 2.65. The van der Waals surface area contributed by atoms with Crippen molar-refractivity contribution in [2.24, 2.45) is 5.92 Å². The van der Waals surface area contributed by atoms with E-state index in [1.54, 1.807) is 7.05 Å². The molecule has 1 aromatic heterocycles. The van der Waals surface area contributed by atoms with Crippen LogP contribution < -0.4 is 15.5 Å². The van der Waals surface area contributed by atoms with Gasteiger partial charge < -0.3 is 15.5 Å². The van der Waals surface area contributed by atoms with E-state index >= 15 is 0 Å². The summed E-state index contributed by atoms with van der Waals surface area (Å²) in [6.07, 6.45) is 3.63. The fourth-order valence-electron chi connectivity index (χ4n) is 1.63. The zero-order valence-corrected chi connectivity index (χ0v) is 12.7. The molecule has 0 saturated heterocycles. The van der Waals surface area contributed by atoms with Crippen LogP contribution in [0.25, 0.3) is 0 Å². The Hall–Kier alpha value is -1.59. The summed E-state index contributed by atoms with van der Waals surface area (Å²) in [4.78, 5) is 14.8. The van der Waals surface area contributed by atoms with Crippen LogP contribution in [0.1, 0.15) is 33.1 Å². The minimum absolute atomic E-state index is 0.586. The Bertz CT molecular complexity index is 377. The Balaban J connectivity index is 2.50. The van der Waals surface area contributed by atoms with Crippen molar-refractivity contribution in [1.82, 2.24) is 15.0 Å². The first-order valence-corrected chi connectivity index (χ1v) is 6.88. The maximum atomic E-state index is 4.37. The second-order valence-corrected chi connectivity index (χ2v) is 5.24. The van der Waals surface area contributed by atoms with Crippen molar-refractivity contribution in [3.05, 3.63) is 0 Å². The molecular weight excluding hydrogens is 240 g/mol. The lowest BCUT2D eigenvalue weighted by atomic mass is 10.1. The fourth-order valence-corrected chi connectivity index (χ4v) is 1.63. The number of aromatic nitrogens is 3. The third-order valence-corrected chi connectivity index (χ3v) is 2.74. The molecule has 2 N–H and O–H groups in total. The predicted molar refractivity (Wildman–Crippen MR) is 80.9 cm³/mol. The molecule has 6 heteroatoms. The van der Waals surface area contributed by atoms with Gasteiger partial charge in [-0.1, -0.05) is 26.7 Å². The molecule has 6 nitrogen and oxygen atoms in total. The highest BCUT2D eigenvalue weighted by Gasteiger charge is 2.06. The third-order valence-electron chi connectivity index (χ3n) is 2.74. The summed E-state index contributed by atoms with van der Waals surface area (Å²) < 4.78 is 0. The first-order valence-electron chi connectivity index (χ1n) is 6.88. The van der Waals surface area contributed by atoms with E-state index in [-0.39, 0.29) is 0 Å². The summed E-state index contributed by atoms with van der Waals surface area (Å²) in [5.41, 5.74) is 0. The number of unbranched alkanes of at least 4 members (excludes halogenated alkanes) is 1. The molecule has 0 radical (unpaired) electrons. The molecular formula is C13H26N6. The molecule has 1 rings (SSSR count). The van der Waals surface area contributed by atoms with Crippen molar-refractivity contribution in [2.75, 3.05) is 43.2 Å². The third kappa shape index (κ3) is 5.72. The Morgan fingerprint density at radius 1 is 1.05 bits per heavy atom. The number of nitrogens with zero attached hydrogens (tertiary/aromatic N) is 4. The molecule has 0 saturated carbocycles. The van der Waals surface area contributed by atoms with Gasteiger partial charge in [0.05, 0.1) is 0 Å². The summed E-state index contributed by atoms with van der Waals surface area (Å²) >= 11 is 0. The van der Waals surface area contributed by atoms with Crippen molar-refractivity contribution in [2.45, 2.75) is 33.1 Å². The average Bonchev–Trinajstić information content (AvgIpc) is 2.37. The highest BCUT2D eigenvalue weighted by molar-refractivity contribution is 5.42. The largest absolute Gasteiger partial charge is 0.357 e. The van der Waals surface area contributed by atoms with Gasteiger partial charge in [0.25, 0.3) is 0 Å². The average molecular weight is 266 g/mol. The van der Waals surface area contributed by atoms with Crippen molar-refractivity contribution in [3.8, 4) is 0 Å². The van der Waals surface area contributed by atoms with Gasteiger partial charge in [0.1, 0.15) is 0 Å². The zero-order valence-electron chi connectivity index (χ0n) is 12.7. The molecule has 108 valence electrons. The summed E-state index contributed by atoms with van der Waals surface area (Å²) in [7, 11) is 5.64. The lowest BCUT2D eigenvalue weighted by molar-refractivity contribution is 0.544. The van der Waals surface area contributed by atoms with E-state index in [0.29, 0.717) is 17.8 Å². The van der Waals surface area contributed by atoms with Crippen LogP contribution in [-0.4, -0.2) is 42.6 Å². The smallest absolute Gasteiger partial charge is 0.231 e. The number of rotatable bonds is 8. The molecule has 0 aliphatic carbocycles. The van der Waals surface area contributed by atoms with Crippen LogP contribution in [0.15, 0.2) is 0 Å². The second kappa shape index (κ2) is 7.76. The van der Waals surface area contributed by atoms with Gasteiger partial charge in [-0.05, 0) is 12.3 Å². The fraction of sp³-hybridized carbons (Fsp3) is 0.769. The Morgan fingerprint density at radius 3 is 2.32 bits per heavy atom. The van der Waals surface area contributed by atoms with E-state index in [9.17, 15) is 0 Å². The van der Waals surface area contributed by atoms with Crippen molar-refractivity contribution >= 4 is 17.8 Å². The molecule has 1 aromatic rings. The highest BCUT2D eigenvalue weighted by Crippen LogP contribution is 2.11. The predicted octanol–water partition coefficient (Wildman–Crippen LogP) is 2.22. The van der Waals surface area contributed by atoms with Gasteiger partial charge in [-0.2, -0.15) is 15.0 Å². The highest BCUT2D eigenvalue weighted by atomic mass is 15.3. The van der Waals surface area contributed by atoms with E-state index in [0.717, 1.165) is 18.9 Å². The van der Waals surface area contributed by atoms with E-state index in [1.807, 2.05) is 19.0 Å². The summed E-state index contributed by atoms with van der Waals surface area (Å²) in [5, 5.41) is 6.21. The maximum absolute atomic E-state index is 4.37. The lowest BCUT2D eigenvalue weighted by Crippen LogP contribution is -2.16. The molecule has 1 heterocycles. The summed E-state index contributed by atoms with van der Waals surface area (Å²) in [6, 6.07) is 0. The standard InChI is InChI=1S/C13H26N6/c1-10(2)8-6-7-9-15-12-16-11(14-3)17-13(18-12)19(4)5/h10H,6-9H2,1-5H3,(H2,14,15,16,17,18). The van der Waals surface area contributed by atoms with E-state index in [4.69, 9.17) is 0 Å². The van der Waals surface area contributed by atoms with Gasteiger partial charge in [0.2, 0.25) is 17.8 Å². The van der Waals surface area contributed by atoms with Gasteiger partial charge in [-0.3, -0.25) is 0 Å². The minimum atomic E-state index is 0.586. The number of hydrogen-bond acceptors (Lipinski definition) is 6. The Morgan fingerprint density at radius 2 is 1.74 bits per heavy atom.